The molecule has 2 atom stereocenters. The summed E-state index contributed by atoms with van der Waals surface area (Å²) in [7, 11) is 1.71. The summed E-state index contributed by atoms with van der Waals surface area (Å²) in [6.45, 7) is 6.64. The van der Waals surface area contributed by atoms with E-state index in [4.69, 9.17) is 4.74 Å². The van der Waals surface area contributed by atoms with E-state index in [0.717, 1.165) is 50.5 Å². The van der Waals surface area contributed by atoms with Crippen LogP contribution in [0.5, 0.6) is 5.75 Å². The van der Waals surface area contributed by atoms with Gasteiger partial charge in [-0.25, -0.2) is 0 Å². The van der Waals surface area contributed by atoms with E-state index in [-0.39, 0.29) is 5.91 Å². The van der Waals surface area contributed by atoms with Crippen LogP contribution in [0.3, 0.4) is 0 Å². The predicted octanol–water partition coefficient (Wildman–Crippen LogP) is 4.92. The van der Waals surface area contributed by atoms with Crippen molar-refractivity contribution in [2.24, 2.45) is 5.92 Å². The number of rotatable bonds is 5. The van der Waals surface area contributed by atoms with E-state index in [0.29, 0.717) is 11.8 Å². The van der Waals surface area contributed by atoms with Crippen molar-refractivity contribution in [3.05, 3.63) is 101 Å². The normalized spacial score (nSPS) is 20.5. The summed E-state index contributed by atoms with van der Waals surface area (Å²) in [4.78, 5) is 18.0. The molecule has 0 bridgehead atoms. The number of ether oxygens (including phenoxy) is 1. The van der Waals surface area contributed by atoms with Crippen LogP contribution in [0.2, 0.25) is 0 Å². The topological polar surface area (TPSA) is 32.8 Å². The number of benzene rings is 3. The van der Waals surface area contributed by atoms with Crippen molar-refractivity contribution < 1.29 is 9.53 Å². The lowest BCUT2D eigenvalue weighted by atomic mass is 9.87. The fourth-order valence-electron chi connectivity index (χ4n) is 5.39. The van der Waals surface area contributed by atoms with Crippen molar-refractivity contribution in [3.8, 4) is 5.75 Å². The number of hydrogen-bond donors (Lipinski definition) is 0. The van der Waals surface area contributed by atoms with Crippen LogP contribution in [0.1, 0.15) is 38.5 Å². The largest absolute Gasteiger partial charge is 0.497 e. The van der Waals surface area contributed by atoms with E-state index in [2.05, 4.69) is 59.2 Å². The van der Waals surface area contributed by atoms with Gasteiger partial charge in [0.1, 0.15) is 5.75 Å². The van der Waals surface area contributed by atoms with Gasteiger partial charge in [-0.05, 0) is 60.2 Å². The third-order valence-electron chi connectivity index (χ3n) is 7.25. The maximum atomic E-state index is 13.3. The number of carbonyl (C=O) groups is 1. The third-order valence-corrected chi connectivity index (χ3v) is 7.25. The van der Waals surface area contributed by atoms with E-state index in [1.165, 1.54) is 22.3 Å². The van der Waals surface area contributed by atoms with Crippen LogP contribution in [0.4, 0.5) is 0 Å². The van der Waals surface area contributed by atoms with Gasteiger partial charge in [0.15, 0.2) is 0 Å². The number of fused-ring (bicyclic) bond motifs is 1. The maximum Gasteiger partial charge on any atom is 0.253 e. The number of carbonyl (C=O) groups excluding carboxylic acids is 1. The molecular weight excluding hydrogens is 408 g/mol. The fourth-order valence-corrected chi connectivity index (χ4v) is 5.39. The first-order valence-electron chi connectivity index (χ1n) is 11.9. The van der Waals surface area contributed by atoms with Gasteiger partial charge >= 0.3 is 0 Å². The van der Waals surface area contributed by atoms with Gasteiger partial charge in [-0.1, -0.05) is 54.1 Å². The molecule has 170 valence electrons. The lowest BCUT2D eigenvalue weighted by Gasteiger charge is -2.32. The molecule has 1 amide bonds. The molecule has 0 aliphatic carbocycles. The molecule has 2 aliphatic heterocycles. The zero-order valence-electron chi connectivity index (χ0n) is 19.5. The Labute approximate surface area is 196 Å². The molecule has 3 aromatic rings. The van der Waals surface area contributed by atoms with Gasteiger partial charge in [0.25, 0.3) is 5.91 Å². The predicted molar refractivity (Wildman–Crippen MR) is 132 cm³/mol. The Morgan fingerprint density at radius 3 is 2.55 bits per heavy atom. The molecule has 0 aromatic heterocycles. The first kappa shape index (κ1) is 21.7. The molecule has 2 unspecified atom stereocenters. The monoisotopic (exact) mass is 440 g/mol. The minimum absolute atomic E-state index is 0.134. The lowest BCUT2D eigenvalue weighted by molar-refractivity contribution is 0.0782. The Morgan fingerprint density at radius 2 is 1.76 bits per heavy atom. The molecule has 5 rings (SSSR count). The minimum atomic E-state index is 0.134. The first-order chi connectivity index (χ1) is 16.1. The van der Waals surface area contributed by atoms with Crippen LogP contribution in [-0.2, 0) is 13.0 Å². The summed E-state index contributed by atoms with van der Waals surface area (Å²) in [5.41, 5.74) is 6.12. The van der Waals surface area contributed by atoms with Crippen LogP contribution in [0, 0.1) is 12.8 Å². The zero-order valence-corrected chi connectivity index (χ0v) is 19.5. The van der Waals surface area contributed by atoms with Crippen LogP contribution in [0.15, 0.2) is 72.8 Å². The molecular formula is C29H32N2O2. The van der Waals surface area contributed by atoms with Crippen molar-refractivity contribution in [3.63, 3.8) is 0 Å². The number of nitrogens with zero attached hydrogens (tertiary/aromatic N) is 2. The second-order valence-electron chi connectivity index (χ2n) is 9.47. The Bertz CT molecular complexity index is 1120. The summed E-state index contributed by atoms with van der Waals surface area (Å²) in [5.74, 6) is 1.69. The molecule has 1 fully saturated rings. The van der Waals surface area contributed by atoms with Gasteiger partial charge in [-0.2, -0.15) is 0 Å². The summed E-state index contributed by atoms with van der Waals surface area (Å²) in [5, 5.41) is 0. The van der Waals surface area contributed by atoms with Crippen molar-refractivity contribution in [1.82, 2.24) is 9.80 Å². The van der Waals surface area contributed by atoms with Crippen molar-refractivity contribution in [1.29, 1.82) is 0 Å². The van der Waals surface area contributed by atoms with Gasteiger partial charge in [0.2, 0.25) is 0 Å². The number of amides is 1. The third kappa shape index (κ3) is 4.67. The van der Waals surface area contributed by atoms with E-state index in [1.807, 2.05) is 30.3 Å². The zero-order chi connectivity index (χ0) is 22.8. The van der Waals surface area contributed by atoms with Gasteiger partial charge in [-0.3, -0.25) is 9.69 Å². The Kier molecular flexibility index (Phi) is 6.19. The Morgan fingerprint density at radius 1 is 0.970 bits per heavy atom. The van der Waals surface area contributed by atoms with Gasteiger partial charge in [-0.15, -0.1) is 0 Å². The van der Waals surface area contributed by atoms with Crippen molar-refractivity contribution >= 4 is 5.91 Å². The van der Waals surface area contributed by atoms with Crippen molar-refractivity contribution in [2.75, 3.05) is 33.3 Å². The Hall–Kier alpha value is -3.11. The molecule has 4 nitrogen and oxygen atoms in total. The van der Waals surface area contributed by atoms with Crippen LogP contribution >= 0.6 is 0 Å². The highest BCUT2D eigenvalue weighted by Crippen LogP contribution is 2.36. The highest BCUT2D eigenvalue weighted by molar-refractivity contribution is 5.94. The SMILES string of the molecule is COc1cccc(C2CN(C(=O)c3ccc(C)cc3)CC2CN2CCc3ccccc3C2)c1. The molecule has 2 heterocycles. The highest BCUT2D eigenvalue weighted by atomic mass is 16.5. The average Bonchev–Trinajstić information content (AvgIpc) is 3.27. The highest BCUT2D eigenvalue weighted by Gasteiger charge is 2.37. The maximum absolute atomic E-state index is 13.3. The second kappa shape index (κ2) is 9.40. The van der Waals surface area contributed by atoms with Gasteiger partial charge in [0, 0.05) is 44.2 Å². The minimum Gasteiger partial charge on any atom is -0.497 e. The quantitative estimate of drug-likeness (QED) is 0.565. The fraction of sp³-hybridized carbons (Fsp3) is 0.345. The summed E-state index contributed by atoms with van der Waals surface area (Å²) >= 11 is 0. The van der Waals surface area contributed by atoms with E-state index >= 15 is 0 Å². The number of hydrogen-bond acceptors (Lipinski definition) is 3. The molecule has 3 aromatic carbocycles. The smallest absolute Gasteiger partial charge is 0.253 e. The molecule has 2 aliphatic rings. The Balaban J connectivity index is 1.38. The lowest BCUT2D eigenvalue weighted by Crippen LogP contribution is -2.37. The van der Waals surface area contributed by atoms with E-state index in [9.17, 15) is 4.79 Å². The van der Waals surface area contributed by atoms with Gasteiger partial charge < -0.3 is 9.64 Å². The second-order valence-corrected chi connectivity index (χ2v) is 9.47. The van der Waals surface area contributed by atoms with Crippen LogP contribution in [-0.4, -0.2) is 49.0 Å². The summed E-state index contributed by atoms with van der Waals surface area (Å²) < 4.78 is 5.50. The molecule has 33 heavy (non-hydrogen) atoms. The molecule has 1 saturated heterocycles. The molecule has 4 heteroatoms. The summed E-state index contributed by atoms with van der Waals surface area (Å²) in [6.07, 6.45) is 1.10. The molecule has 0 spiro atoms. The van der Waals surface area contributed by atoms with Crippen LogP contribution in [0.25, 0.3) is 0 Å². The van der Waals surface area contributed by atoms with Crippen molar-refractivity contribution in [2.45, 2.75) is 25.8 Å². The molecule has 0 N–H and O–H groups in total. The number of aryl methyl sites for hydroxylation is 1. The average molecular weight is 441 g/mol. The summed E-state index contributed by atoms with van der Waals surface area (Å²) in [6, 6.07) is 25.1. The first-order valence-corrected chi connectivity index (χ1v) is 11.9. The number of methoxy groups -OCH3 is 1. The standard InChI is InChI=1S/C29H32N2O2/c1-21-10-12-23(13-11-21)29(32)31-19-26(28(20-31)24-8-5-9-27(16-24)33-2)18-30-15-14-22-6-3-4-7-25(22)17-30/h3-13,16,26,28H,14-15,17-20H2,1-2H3. The molecule has 0 radical (unpaired) electrons. The van der Waals surface area contributed by atoms with E-state index < -0.39 is 0 Å². The van der Waals surface area contributed by atoms with E-state index in [1.54, 1.807) is 7.11 Å². The number of likely N-dealkylation sites (tertiary alicyclic amines) is 1. The molecule has 0 saturated carbocycles. The van der Waals surface area contributed by atoms with Gasteiger partial charge in [0.05, 0.1) is 7.11 Å². The van der Waals surface area contributed by atoms with Crippen LogP contribution < -0.4 is 4.74 Å².